The lowest BCUT2D eigenvalue weighted by molar-refractivity contribution is 0.0929. The summed E-state index contributed by atoms with van der Waals surface area (Å²) in [5.74, 6) is 0.00516. The Kier molecular flexibility index (Phi) is 3.58. The van der Waals surface area contributed by atoms with Crippen molar-refractivity contribution in [2.45, 2.75) is 19.4 Å². The van der Waals surface area contributed by atoms with Crippen LogP contribution in [0.5, 0.6) is 0 Å². The third-order valence-corrected chi connectivity index (χ3v) is 3.05. The minimum Gasteiger partial charge on any atom is -0.382 e. The summed E-state index contributed by atoms with van der Waals surface area (Å²) in [5, 5.41) is 7.31. The fraction of sp³-hybridized carbons (Fsp3) is 0.500. The number of rotatable bonds is 3. The summed E-state index contributed by atoms with van der Waals surface area (Å²) < 4.78 is 5.47. The highest BCUT2D eigenvalue weighted by Gasteiger charge is 2.21. The number of ether oxygens (including phenoxy) is 1. The van der Waals surface area contributed by atoms with Gasteiger partial charge in [0.05, 0.1) is 31.1 Å². The van der Waals surface area contributed by atoms with E-state index in [0.29, 0.717) is 11.7 Å². The number of amidine groups is 1. The first-order chi connectivity index (χ1) is 8.22. The van der Waals surface area contributed by atoms with Crippen molar-refractivity contribution in [3.63, 3.8) is 0 Å². The van der Waals surface area contributed by atoms with Crippen molar-refractivity contribution < 1.29 is 4.74 Å². The number of morpholine rings is 1. The molecule has 0 spiro atoms. The largest absolute Gasteiger partial charge is 0.382 e. The molecule has 1 aromatic rings. The quantitative estimate of drug-likeness (QED) is 0.604. The molecule has 0 amide bonds. The van der Waals surface area contributed by atoms with Crippen LogP contribution in [0.1, 0.15) is 19.0 Å². The van der Waals surface area contributed by atoms with Gasteiger partial charge in [0, 0.05) is 6.54 Å². The lowest BCUT2D eigenvalue weighted by Gasteiger charge is -2.36. The maximum Gasteiger partial charge on any atom is 0.141 e. The minimum atomic E-state index is 0.00516. The molecule has 0 aliphatic carbocycles. The molecular formula is C12H18N4O. The lowest BCUT2D eigenvalue weighted by atomic mass is 10.1. The maximum absolute atomic E-state index is 7.31. The van der Waals surface area contributed by atoms with Crippen LogP contribution in [0.25, 0.3) is 0 Å². The van der Waals surface area contributed by atoms with Crippen LogP contribution in [0.15, 0.2) is 18.3 Å². The van der Waals surface area contributed by atoms with E-state index in [-0.39, 0.29) is 5.84 Å². The molecule has 1 unspecified atom stereocenters. The molecular weight excluding hydrogens is 216 g/mol. The molecule has 1 aromatic heterocycles. The molecule has 1 saturated heterocycles. The molecule has 0 aromatic carbocycles. The first-order valence-corrected chi connectivity index (χ1v) is 5.87. The second-order valence-electron chi connectivity index (χ2n) is 4.15. The van der Waals surface area contributed by atoms with Gasteiger partial charge in [0.2, 0.25) is 0 Å². The number of pyridine rings is 1. The van der Waals surface area contributed by atoms with E-state index in [4.69, 9.17) is 15.9 Å². The van der Waals surface area contributed by atoms with Gasteiger partial charge in [-0.1, -0.05) is 6.92 Å². The fourth-order valence-corrected chi connectivity index (χ4v) is 2.05. The van der Waals surface area contributed by atoms with E-state index in [0.717, 1.165) is 31.9 Å². The molecule has 5 nitrogen and oxygen atoms in total. The summed E-state index contributed by atoms with van der Waals surface area (Å²) in [6.07, 6.45) is 2.83. The van der Waals surface area contributed by atoms with Gasteiger partial charge in [0.15, 0.2) is 0 Å². The van der Waals surface area contributed by atoms with Gasteiger partial charge in [-0.3, -0.25) is 10.4 Å². The molecule has 2 rings (SSSR count). The van der Waals surface area contributed by atoms with Crippen LogP contribution in [0.2, 0.25) is 0 Å². The predicted molar refractivity (Wildman–Crippen MR) is 67.5 cm³/mol. The van der Waals surface area contributed by atoms with Gasteiger partial charge in [-0.15, -0.1) is 0 Å². The average molecular weight is 234 g/mol. The zero-order valence-electron chi connectivity index (χ0n) is 10.0. The normalized spacial score (nSPS) is 20.3. The standard InChI is InChI=1S/C12H18N4O/c1-2-9-8-17-6-5-16(9)10-3-4-11(12(13)14)15-7-10/h3-4,7,9H,2,5-6,8H2,1H3,(H3,13,14). The third kappa shape index (κ3) is 2.55. The molecule has 0 radical (unpaired) electrons. The molecule has 3 N–H and O–H groups in total. The van der Waals surface area contributed by atoms with Crippen LogP contribution < -0.4 is 10.6 Å². The van der Waals surface area contributed by atoms with Crippen molar-refractivity contribution in [2.75, 3.05) is 24.7 Å². The first-order valence-electron chi connectivity index (χ1n) is 5.87. The number of hydrogen-bond acceptors (Lipinski definition) is 4. The van der Waals surface area contributed by atoms with E-state index in [2.05, 4.69) is 16.8 Å². The Balaban J connectivity index is 2.17. The molecule has 0 bridgehead atoms. The number of hydrogen-bond donors (Lipinski definition) is 2. The highest BCUT2D eigenvalue weighted by Crippen LogP contribution is 2.20. The molecule has 1 fully saturated rings. The summed E-state index contributed by atoms with van der Waals surface area (Å²) in [4.78, 5) is 6.50. The maximum atomic E-state index is 7.31. The Morgan fingerprint density at radius 3 is 3.06 bits per heavy atom. The van der Waals surface area contributed by atoms with Gasteiger partial charge >= 0.3 is 0 Å². The Bertz CT molecular complexity index is 390. The Morgan fingerprint density at radius 2 is 2.47 bits per heavy atom. The lowest BCUT2D eigenvalue weighted by Crippen LogP contribution is -2.45. The molecule has 5 heteroatoms. The van der Waals surface area contributed by atoms with Crippen molar-refractivity contribution in [3.8, 4) is 0 Å². The third-order valence-electron chi connectivity index (χ3n) is 3.05. The van der Waals surface area contributed by atoms with E-state index in [1.807, 2.05) is 6.07 Å². The first kappa shape index (κ1) is 11.9. The number of nitrogens with zero attached hydrogens (tertiary/aromatic N) is 2. The second-order valence-corrected chi connectivity index (χ2v) is 4.15. The molecule has 1 atom stereocenters. The van der Waals surface area contributed by atoms with Crippen LogP contribution in [0.4, 0.5) is 5.69 Å². The van der Waals surface area contributed by atoms with Crippen LogP contribution in [-0.4, -0.2) is 36.6 Å². The minimum absolute atomic E-state index is 0.00516. The predicted octanol–water partition coefficient (Wildman–Crippen LogP) is 0.981. The van der Waals surface area contributed by atoms with Gasteiger partial charge in [-0.05, 0) is 18.6 Å². The van der Waals surface area contributed by atoms with Gasteiger partial charge in [-0.25, -0.2) is 0 Å². The molecule has 1 aliphatic rings. The number of anilines is 1. The highest BCUT2D eigenvalue weighted by atomic mass is 16.5. The summed E-state index contributed by atoms with van der Waals surface area (Å²) in [5.41, 5.74) is 6.98. The zero-order chi connectivity index (χ0) is 12.3. The van der Waals surface area contributed by atoms with Crippen LogP contribution in [0, 0.1) is 5.41 Å². The van der Waals surface area contributed by atoms with Crippen molar-refractivity contribution in [1.29, 1.82) is 5.41 Å². The van der Waals surface area contributed by atoms with Crippen molar-refractivity contribution >= 4 is 11.5 Å². The van der Waals surface area contributed by atoms with E-state index in [1.165, 1.54) is 0 Å². The van der Waals surface area contributed by atoms with Crippen LogP contribution in [0.3, 0.4) is 0 Å². The summed E-state index contributed by atoms with van der Waals surface area (Å²) >= 11 is 0. The Morgan fingerprint density at radius 1 is 1.65 bits per heavy atom. The molecule has 2 heterocycles. The SMILES string of the molecule is CCC1COCCN1c1ccc(C(=N)N)nc1. The van der Waals surface area contributed by atoms with Gasteiger partial charge in [-0.2, -0.15) is 0 Å². The molecule has 17 heavy (non-hydrogen) atoms. The van der Waals surface area contributed by atoms with E-state index in [1.54, 1.807) is 12.3 Å². The number of nitrogen functional groups attached to an aromatic ring is 1. The number of nitrogens with one attached hydrogen (secondary N) is 1. The van der Waals surface area contributed by atoms with Crippen molar-refractivity contribution in [2.24, 2.45) is 5.73 Å². The van der Waals surface area contributed by atoms with Crippen LogP contribution in [-0.2, 0) is 4.74 Å². The summed E-state index contributed by atoms with van der Waals surface area (Å²) in [7, 11) is 0. The van der Waals surface area contributed by atoms with E-state index >= 15 is 0 Å². The monoisotopic (exact) mass is 234 g/mol. The molecule has 0 saturated carbocycles. The highest BCUT2D eigenvalue weighted by molar-refractivity contribution is 5.93. The van der Waals surface area contributed by atoms with Crippen molar-refractivity contribution in [3.05, 3.63) is 24.0 Å². The topological polar surface area (TPSA) is 75.2 Å². The zero-order valence-corrected chi connectivity index (χ0v) is 10.0. The number of aromatic nitrogens is 1. The fourth-order valence-electron chi connectivity index (χ4n) is 2.05. The Hall–Kier alpha value is -1.62. The Labute approximate surface area is 101 Å². The van der Waals surface area contributed by atoms with E-state index in [9.17, 15) is 0 Å². The van der Waals surface area contributed by atoms with Crippen LogP contribution >= 0.6 is 0 Å². The van der Waals surface area contributed by atoms with Gasteiger partial charge in [0.25, 0.3) is 0 Å². The molecule has 92 valence electrons. The van der Waals surface area contributed by atoms with E-state index < -0.39 is 0 Å². The number of nitrogens with two attached hydrogens (primary N) is 1. The second kappa shape index (κ2) is 5.14. The van der Waals surface area contributed by atoms with Gasteiger partial charge < -0.3 is 15.4 Å². The summed E-state index contributed by atoms with van der Waals surface area (Å²) in [6, 6.07) is 4.17. The van der Waals surface area contributed by atoms with Crippen molar-refractivity contribution in [1.82, 2.24) is 4.98 Å². The smallest absolute Gasteiger partial charge is 0.141 e. The average Bonchev–Trinajstić information content (AvgIpc) is 2.39. The molecule has 1 aliphatic heterocycles. The van der Waals surface area contributed by atoms with Gasteiger partial charge in [0.1, 0.15) is 11.5 Å². The summed E-state index contributed by atoms with van der Waals surface area (Å²) in [6.45, 7) is 4.57.